The third-order valence-electron chi connectivity index (χ3n) is 29.5. The summed E-state index contributed by atoms with van der Waals surface area (Å²) in [5.41, 5.74) is 42.1. The number of nitrogens with one attached hydrogen (secondary N) is 1. The highest BCUT2D eigenvalue weighted by Gasteiger charge is 2.51. The van der Waals surface area contributed by atoms with Gasteiger partial charge in [0.25, 0.3) is 0 Å². The number of carbonyl (C=O) groups is 4. The molecule has 0 radical (unpaired) electrons. The number of esters is 4. The molecule has 135 heavy (non-hydrogen) atoms. The van der Waals surface area contributed by atoms with Gasteiger partial charge < -0.3 is 70.9 Å². The van der Waals surface area contributed by atoms with Crippen LogP contribution in [-0.4, -0.2) is 75.0 Å². The minimum atomic E-state index is -0.806. The Hall–Kier alpha value is -10.4. The number of hydrogen-bond donors (Lipinski definition) is 6. The zero-order valence-electron chi connectivity index (χ0n) is 83.8. The van der Waals surface area contributed by atoms with Crippen molar-refractivity contribution in [1.29, 1.82) is 0 Å². The lowest BCUT2D eigenvalue weighted by Crippen LogP contribution is -2.45. The quantitative estimate of drug-likeness (QED) is 0.00751. The molecule has 18 heteroatoms. The number of unbranched alkanes of at least 4 members (excludes halogenated alkanes) is 8. The van der Waals surface area contributed by atoms with E-state index in [1.807, 2.05) is 60.8 Å². The van der Waals surface area contributed by atoms with Crippen LogP contribution in [0.5, 0.6) is 51.7 Å². The number of anilines is 1. The number of aromatic amines is 1. The zero-order chi connectivity index (χ0) is 96.6. The summed E-state index contributed by atoms with van der Waals surface area (Å²) in [6.45, 7) is 35.4. The molecule has 0 fully saturated rings. The number of benzene rings is 7. The fourth-order valence-corrected chi connectivity index (χ4v) is 22.0. The van der Waals surface area contributed by atoms with E-state index in [9.17, 15) is 24.3 Å². The van der Waals surface area contributed by atoms with Gasteiger partial charge in [-0.3, -0.25) is 9.59 Å². The largest absolute Gasteiger partial charge is 0.508 e. The topological polar surface area (TPSA) is 282 Å². The van der Waals surface area contributed by atoms with Crippen LogP contribution in [0.1, 0.15) is 343 Å². The highest BCUT2D eigenvalue weighted by Crippen LogP contribution is 2.59. The molecule has 16 rings (SSSR count). The summed E-state index contributed by atoms with van der Waals surface area (Å²) < 4.78 is 50.5. The first-order valence-corrected chi connectivity index (χ1v) is 50.9. The molecular formula is C117H155N5O13. The van der Waals surface area contributed by atoms with Crippen molar-refractivity contribution in [3.63, 3.8) is 0 Å². The number of nitrogens with two attached hydrogens (primary N) is 4. The first-order valence-electron chi connectivity index (χ1n) is 50.9. The van der Waals surface area contributed by atoms with Gasteiger partial charge in [-0.15, -0.1) is 0 Å². The zero-order valence-corrected chi connectivity index (χ0v) is 83.8. The van der Waals surface area contributed by atoms with Crippen LogP contribution >= 0.6 is 0 Å². The van der Waals surface area contributed by atoms with E-state index in [0.29, 0.717) is 72.5 Å². The standard InChI is InChI=1S/C32H40N2O3.C31H41NO3.C30H39NO4.C24H35NO3/c1-5-6-7-10-21-16-28(30-24-15-20(2)13-14-25(24)32(3,4)37-29(30)17-21)36-31(35)26(33)18-22-19-34-27-12-9-8-11-23(22)27;1-5-6-7-9-23-19-27(34-29(33)11-8-10-22-13-15-24(32)16-14-22)30-25-18-21(2)12-17-26(25)31(3,4)35-28(30)20-23;1-5-6-7-8-21-17-26(34-29(33)25(31)16-20-10-12-22(32)13-11-20)28-23-15-19(2)9-14-24(23)30(3,4)35-27(28)18-21;1-5-6-7-8-17-14-20(27-22(26)11-12-25)23-18-13-16(2)9-10-19(18)24(3,4)28-21(23)15-17/h8-9,11-12,15-17,19,24-26,34H,5-7,10,13-14,18,33H2,1-4H3;13-16,18-20,25-26H,5-12,17,32H2,1-4H3;10-13,15,17-18,23-25,32H,5-9,14,16,31H2,1-4H3;13-15,18-19H,5-12,25H2,1-4H3/t;;23?,24?,25-;/m..0./s1. The van der Waals surface area contributed by atoms with Gasteiger partial charge in [-0.1, -0.05) is 168 Å². The van der Waals surface area contributed by atoms with Crippen LogP contribution in [0, 0.1) is 23.7 Å². The van der Waals surface area contributed by atoms with Crippen LogP contribution in [-0.2, 0) is 64.1 Å². The van der Waals surface area contributed by atoms with Crippen molar-refractivity contribution in [2.45, 2.75) is 362 Å². The summed E-state index contributed by atoms with van der Waals surface area (Å²) in [4.78, 5) is 55.0. The minimum Gasteiger partial charge on any atom is -0.508 e. The van der Waals surface area contributed by atoms with Crippen molar-refractivity contribution in [3.05, 3.63) is 235 Å². The predicted octanol–water partition coefficient (Wildman–Crippen LogP) is 26.0. The Balaban J connectivity index is 0.000000153. The molecule has 10 atom stereocenters. The fourth-order valence-electron chi connectivity index (χ4n) is 22.0. The van der Waals surface area contributed by atoms with Crippen LogP contribution in [0.3, 0.4) is 0 Å². The normalized spacial score (nSPS) is 21.2. The Morgan fingerprint density at radius 2 is 0.733 bits per heavy atom. The fraction of sp³-hybridized carbons (Fsp3) is 0.521. The number of nitrogen functional groups attached to an aromatic ring is 1. The lowest BCUT2D eigenvalue weighted by Gasteiger charge is -2.46. The van der Waals surface area contributed by atoms with Gasteiger partial charge in [0.1, 0.15) is 86.2 Å². The molecule has 8 aromatic rings. The average Bonchev–Trinajstić information content (AvgIpc) is 1.25. The van der Waals surface area contributed by atoms with Gasteiger partial charge in [-0.05, 0) is 323 Å². The number of allylic oxidation sites excluding steroid dienone is 8. The van der Waals surface area contributed by atoms with E-state index in [1.54, 1.807) is 24.3 Å². The van der Waals surface area contributed by atoms with E-state index in [1.165, 1.54) is 71.1 Å². The molecule has 7 aromatic carbocycles. The average molecular weight is 1840 g/mol. The molecule has 0 bridgehead atoms. The Morgan fingerprint density at radius 1 is 0.407 bits per heavy atom. The number of rotatable bonds is 32. The first kappa shape index (κ1) is 102. The van der Waals surface area contributed by atoms with E-state index in [0.717, 1.165) is 219 Å². The maximum absolute atomic E-state index is 13.4. The molecule has 10 N–H and O–H groups in total. The number of H-pyrrole nitrogens is 1. The molecule has 4 aliphatic carbocycles. The molecule has 1 aromatic heterocycles. The molecule has 4 aliphatic heterocycles. The number of aromatic hydroxyl groups is 1. The van der Waals surface area contributed by atoms with Gasteiger partial charge in [0.05, 0.1) is 6.42 Å². The Kier molecular flexibility index (Phi) is 34.5. The highest BCUT2D eigenvalue weighted by atomic mass is 16.6. The summed E-state index contributed by atoms with van der Waals surface area (Å²) in [6, 6.07) is 38.0. The van der Waals surface area contributed by atoms with Gasteiger partial charge in [-0.25, -0.2) is 9.59 Å². The molecule has 18 nitrogen and oxygen atoms in total. The summed E-state index contributed by atoms with van der Waals surface area (Å²) in [6.07, 6.45) is 40.5. The summed E-state index contributed by atoms with van der Waals surface area (Å²) in [5.74, 6) is 6.99. The molecule has 9 unspecified atom stereocenters. The van der Waals surface area contributed by atoms with E-state index in [-0.39, 0.29) is 70.2 Å². The third-order valence-corrected chi connectivity index (χ3v) is 29.5. The summed E-state index contributed by atoms with van der Waals surface area (Å²) in [7, 11) is 0. The monoisotopic (exact) mass is 1840 g/mol. The summed E-state index contributed by atoms with van der Waals surface area (Å²) in [5, 5.41) is 10.6. The maximum atomic E-state index is 13.4. The van der Waals surface area contributed by atoms with Crippen molar-refractivity contribution < 1.29 is 62.2 Å². The van der Waals surface area contributed by atoms with E-state index < -0.39 is 24.0 Å². The van der Waals surface area contributed by atoms with Gasteiger partial charge >= 0.3 is 23.9 Å². The van der Waals surface area contributed by atoms with E-state index >= 15 is 0 Å². The number of phenols is 1. The van der Waals surface area contributed by atoms with Crippen LogP contribution in [0.4, 0.5) is 5.69 Å². The second-order valence-corrected chi connectivity index (χ2v) is 42.0. The Morgan fingerprint density at radius 3 is 1.09 bits per heavy atom. The first-order chi connectivity index (χ1) is 64.6. The second kappa shape index (κ2) is 45.7. The number of para-hydroxylation sites is 1. The number of fused-ring (bicyclic) bond motifs is 13. The molecule has 0 spiro atoms. The van der Waals surface area contributed by atoms with Crippen molar-refractivity contribution in [1.82, 2.24) is 4.98 Å². The van der Waals surface area contributed by atoms with Crippen LogP contribution < -0.4 is 60.8 Å². The van der Waals surface area contributed by atoms with Gasteiger partial charge in [0.15, 0.2) is 0 Å². The van der Waals surface area contributed by atoms with Crippen LogP contribution in [0.25, 0.3) is 10.9 Å². The molecular weight excluding hydrogens is 1680 g/mol. The highest BCUT2D eigenvalue weighted by molar-refractivity contribution is 5.86. The number of phenolic OH excluding ortho intramolecular Hbond substituents is 1. The Bertz CT molecular complexity index is 5570. The number of carbonyl (C=O) groups excluding carboxylic acids is 4. The number of aromatic nitrogens is 1. The van der Waals surface area contributed by atoms with Crippen molar-refractivity contribution in [3.8, 4) is 51.7 Å². The van der Waals surface area contributed by atoms with Crippen molar-refractivity contribution in [2.24, 2.45) is 40.9 Å². The summed E-state index contributed by atoms with van der Waals surface area (Å²) >= 11 is 0. The molecule has 726 valence electrons. The molecule has 8 aliphatic rings. The maximum Gasteiger partial charge on any atom is 0.328 e. The van der Waals surface area contributed by atoms with Crippen LogP contribution in [0.2, 0.25) is 0 Å². The van der Waals surface area contributed by atoms with Crippen molar-refractivity contribution in [2.75, 3.05) is 12.3 Å². The van der Waals surface area contributed by atoms with Gasteiger partial charge in [-0.2, -0.15) is 0 Å². The van der Waals surface area contributed by atoms with Gasteiger partial charge in [0.2, 0.25) is 0 Å². The Labute approximate surface area is 804 Å². The van der Waals surface area contributed by atoms with E-state index in [2.05, 4.69) is 183 Å². The van der Waals surface area contributed by atoms with Crippen molar-refractivity contribution >= 4 is 40.5 Å². The van der Waals surface area contributed by atoms with E-state index in [4.69, 9.17) is 60.8 Å². The SMILES string of the molecule is CCCCCc1cc(OC(=O)C(N)Cc2c[nH]c3ccccc23)c2c(c1)OC(C)(C)C1CCC(C)=CC21.CCCCCc1cc(OC(=O)CCCc2ccc(N)cc2)c2c(c1)OC(C)(C)C1CCC(C)=CC21.CCCCCc1cc(OC(=O)CCN)c2c(c1)OC(C)(C)C1CCC(C)=CC21.CCCCCc1cc(OC(=O)[C@@H](N)Cc2ccc(O)cc2)c2c(c1)OC(C)(C)C1CCC(C)=CC21. The van der Waals surface area contributed by atoms with Crippen LogP contribution in [0.15, 0.2) is 174 Å². The third kappa shape index (κ3) is 25.7. The molecule has 0 amide bonds. The minimum absolute atomic E-state index is 0.142. The molecule has 0 saturated heterocycles. The lowest BCUT2D eigenvalue weighted by atomic mass is 9.68. The number of aryl methyl sites for hydroxylation is 5. The number of ether oxygens (including phenoxy) is 8. The number of hydrogen-bond acceptors (Lipinski definition) is 17. The second-order valence-electron chi connectivity index (χ2n) is 42.0. The molecule has 0 saturated carbocycles. The molecule has 5 heterocycles. The smallest absolute Gasteiger partial charge is 0.328 e. The van der Waals surface area contributed by atoms with Gasteiger partial charge in [0, 0.05) is 112 Å². The predicted molar refractivity (Wildman–Crippen MR) is 544 cm³/mol. The lowest BCUT2D eigenvalue weighted by molar-refractivity contribution is -0.136.